The molecule has 2 nitrogen and oxygen atoms in total. The molecule has 1 saturated carbocycles. The van der Waals surface area contributed by atoms with Crippen molar-refractivity contribution in [3.05, 3.63) is 12.2 Å². The molecule has 1 aliphatic rings. The smallest absolute Gasteiger partial charge is 0.393 e. The Morgan fingerprint density at radius 1 is 0.375 bits per heavy atom. The molecule has 1 aliphatic carbocycles. The van der Waals surface area contributed by atoms with Crippen LogP contribution in [0.25, 0.3) is 0 Å². The number of alkyl halides is 33. The van der Waals surface area contributed by atoms with Crippen LogP contribution in [0.4, 0.5) is 145 Å². The normalized spacial score (nSPS) is 22.4. The van der Waals surface area contributed by atoms with E-state index in [2.05, 4.69) is 11.3 Å². The van der Waals surface area contributed by atoms with Gasteiger partial charge in [0.05, 0.1) is 0 Å². The highest BCUT2D eigenvalue weighted by atomic mass is 19.4. The molecule has 35 heteroatoms. The summed E-state index contributed by atoms with van der Waals surface area (Å²) in [6.45, 7) is 2.35. The fraction of sp³-hybridized carbons (Fsp3) is 0.857. The van der Waals surface area contributed by atoms with Gasteiger partial charge < -0.3 is 4.74 Å². The highest BCUT2D eigenvalue weighted by Gasteiger charge is 3.09. The van der Waals surface area contributed by atoms with Gasteiger partial charge in [-0.1, -0.05) is 6.58 Å². The molecule has 56 heavy (non-hydrogen) atoms. The summed E-state index contributed by atoms with van der Waals surface area (Å²) < 4.78 is 459. The Morgan fingerprint density at radius 3 is 0.804 bits per heavy atom. The second-order valence-corrected chi connectivity index (χ2v) is 11.0. The van der Waals surface area contributed by atoms with Gasteiger partial charge in [0.15, 0.2) is 0 Å². The van der Waals surface area contributed by atoms with Crippen LogP contribution in [0.3, 0.4) is 0 Å². The zero-order chi connectivity index (χ0) is 46.4. The average Bonchev–Trinajstić information content (AvgIpc) is 2.97. The summed E-state index contributed by atoms with van der Waals surface area (Å²) in [5.41, 5.74) is -11.7. The van der Waals surface area contributed by atoms with Gasteiger partial charge in [-0.05, 0) is 6.92 Å². The van der Waals surface area contributed by atoms with Gasteiger partial charge in [0.1, 0.15) is 0 Å². The quantitative estimate of drug-likeness (QED) is 0.105. The van der Waals surface area contributed by atoms with E-state index in [1.54, 1.807) is 0 Å². The fourth-order valence-corrected chi connectivity index (χ4v) is 3.86. The van der Waals surface area contributed by atoms with Gasteiger partial charge in [0, 0.05) is 5.57 Å². The van der Waals surface area contributed by atoms with Crippen molar-refractivity contribution in [1.82, 2.24) is 0 Å². The van der Waals surface area contributed by atoms with Crippen LogP contribution < -0.4 is 0 Å². The molecule has 0 amide bonds. The van der Waals surface area contributed by atoms with Gasteiger partial charge in [-0.3, -0.25) is 0 Å². The summed E-state index contributed by atoms with van der Waals surface area (Å²) in [4.78, 5) is 10.9. The Morgan fingerprint density at radius 2 is 0.571 bits per heavy atom. The predicted molar refractivity (Wildman–Crippen MR) is 104 cm³/mol. The minimum atomic E-state index is -10.4. The third kappa shape index (κ3) is 5.02. The van der Waals surface area contributed by atoms with Crippen molar-refractivity contribution in [2.24, 2.45) is 0 Å². The zero-order valence-electron chi connectivity index (χ0n) is 24.5. The lowest BCUT2D eigenvalue weighted by Gasteiger charge is -2.55. The highest BCUT2D eigenvalue weighted by Crippen LogP contribution is 2.76. The van der Waals surface area contributed by atoms with E-state index in [1.807, 2.05) is 0 Å². The van der Waals surface area contributed by atoms with Gasteiger partial charge >= 0.3 is 107 Å². The summed E-state index contributed by atoms with van der Waals surface area (Å²) in [6, 6.07) is 0. The van der Waals surface area contributed by atoms with Crippen molar-refractivity contribution in [1.29, 1.82) is 0 Å². The zero-order valence-corrected chi connectivity index (χ0v) is 24.5. The van der Waals surface area contributed by atoms with Crippen LogP contribution in [0.5, 0.6) is 0 Å². The van der Waals surface area contributed by atoms with E-state index in [-0.39, 0.29) is 6.92 Å². The molecule has 0 unspecified atom stereocenters. The van der Waals surface area contributed by atoms with Crippen molar-refractivity contribution in [3.8, 4) is 0 Å². The molecule has 0 saturated heterocycles. The first kappa shape index (κ1) is 50.9. The summed E-state index contributed by atoms with van der Waals surface area (Å²) >= 11 is 0. The molecular weight excluding hydrogens is 911 g/mol. The molecule has 0 aromatic carbocycles. The number of hydrogen-bond acceptors (Lipinski definition) is 2. The maximum absolute atomic E-state index is 14.6. The van der Waals surface area contributed by atoms with Crippen LogP contribution in [-0.2, 0) is 9.53 Å². The van der Waals surface area contributed by atoms with Gasteiger partial charge in [-0.25, -0.2) is 9.18 Å². The van der Waals surface area contributed by atoms with E-state index in [0.717, 1.165) is 0 Å². The number of halogens is 33. The Hall–Kier alpha value is -3.10. The molecular formula is C21H5F33O2. The van der Waals surface area contributed by atoms with Crippen molar-refractivity contribution in [3.63, 3.8) is 0 Å². The molecule has 0 radical (unpaired) electrons. The van der Waals surface area contributed by atoms with E-state index in [9.17, 15) is 150 Å². The van der Waals surface area contributed by atoms with E-state index in [1.165, 1.54) is 0 Å². The van der Waals surface area contributed by atoms with Crippen LogP contribution >= 0.6 is 0 Å². The molecule has 0 aromatic heterocycles. The lowest BCUT2D eigenvalue weighted by Crippen LogP contribution is -2.90. The van der Waals surface area contributed by atoms with Crippen LogP contribution in [0, 0.1) is 0 Å². The third-order valence-corrected chi connectivity index (χ3v) is 7.36. The Bertz CT molecular complexity index is 1530. The number of esters is 1. The molecule has 0 bridgehead atoms. The van der Waals surface area contributed by atoms with Crippen LogP contribution in [0.1, 0.15) is 6.92 Å². The largest absolute Gasteiger partial charge is 0.473 e. The molecule has 0 aromatic rings. The Labute approximate surface area is 281 Å². The minimum Gasteiger partial charge on any atom is -0.393 e. The first-order valence-electron chi connectivity index (χ1n) is 12.2. The standard InChI is InChI=1S/C21H5F33O2/c1-3(2)4(55)56-21(53,54)20(51,52)19(49,50)18(47,48)17(45,46)16(43,44)15(41,42)14(39,40)13(37,38)11(33,34)8(27,28)5(22)6(23,24)9(29,30)12(35,36)10(31,32)7(5,25)26/h1H2,2H3. The van der Waals surface area contributed by atoms with Gasteiger partial charge in [0.25, 0.3) is 0 Å². The number of carbonyl (C=O) groups is 1. The minimum absolute atomic E-state index is 0.0953. The lowest BCUT2D eigenvalue weighted by atomic mass is 9.67. The van der Waals surface area contributed by atoms with E-state index < -0.39 is 112 Å². The van der Waals surface area contributed by atoms with Crippen LogP contribution in [0.15, 0.2) is 12.2 Å². The van der Waals surface area contributed by atoms with E-state index in [4.69, 9.17) is 0 Å². The van der Waals surface area contributed by atoms with E-state index >= 15 is 0 Å². The van der Waals surface area contributed by atoms with Gasteiger partial charge in [-0.2, -0.15) is 140 Å². The first-order valence-corrected chi connectivity index (χ1v) is 12.2. The SMILES string of the molecule is C=C(C)C(=O)OC(F)(F)C(F)(F)C(F)(F)C(F)(F)C(F)(F)C(F)(F)C(F)(F)C(F)(F)C(F)(F)C(F)(F)C(F)(F)C1(F)C(F)(F)C(F)(F)C(F)(F)C(F)(F)C1(F)F. The molecule has 1 fully saturated rings. The Balaban J connectivity index is 4.19. The van der Waals surface area contributed by atoms with Crippen molar-refractivity contribution >= 4 is 5.97 Å². The number of hydrogen-bond donors (Lipinski definition) is 0. The molecule has 0 spiro atoms. The lowest BCUT2D eigenvalue weighted by molar-refractivity contribution is -0.528. The van der Waals surface area contributed by atoms with Gasteiger partial charge in [0.2, 0.25) is 0 Å². The number of carbonyl (C=O) groups excluding carboxylic acids is 1. The van der Waals surface area contributed by atoms with Crippen molar-refractivity contribution in [2.45, 2.75) is 108 Å². The number of ether oxygens (including phenoxy) is 1. The third-order valence-electron chi connectivity index (χ3n) is 7.36. The van der Waals surface area contributed by atoms with Gasteiger partial charge in [-0.15, -0.1) is 0 Å². The molecule has 0 N–H and O–H groups in total. The second kappa shape index (κ2) is 12.0. The molecule has 0 heterocycles. The summed E-state index contributed by atoms with van der Waals surface area (Å²) in [7, 11) is 0. The molecule has 332 valence electrons. The topological polar surface area (TPSA) is 26.3 Å². The maximum atomic E-state index is 14.6. The summed E-state index contributed by atoms with van der Waals surface area (Å²) in [5.74, 6) is -149. The first-order chi connectivity index (χ1) is 23.6. The second-order valence-electron chi connectivity index (χ2n) is 11.0. The Kier molecular flexibility index (Phi) is 10.9. The van der Waals surface area contributed by atoms with Crippen LogP contribution in [-0.4, -0.2) is 107 Å². The fourth-order valence-electron chi connectivity index (χ4n) is 3.86. The summed E-state index contributed by atoms with van der Waals surface area (Å²) in [6.07, 6.45) is -7.82. The molecule has 0 atom stereocenters. The molecule has 1 rings (SSSR count). The van der Waals surface area contributed by atoms with E-state index in [0.29, 0.717) is 0 Å². The van der Waals surface area contributed by atoms with Crippen molar-refractivity contribution in [2.75, 3.05) is 0 Å². The summed E-state index contributed by atoms with van der Waals surface area (Å²) in [5, 5.41) is 0. The number of rotatable bonds is 13. The van der Waals surface area contributed by atoms with Crippen molar-refractivity contribution < 1.29 is 154 Å². The predicted octanol–water partition coefficient (Wildman–Crippen LogP) is 10.9. The maximum Gasteiger partial charge on any atom is 0.473 e. The monoisotopic (exact) mass is 916 g/mol. The highest BCUT2D eigenvalue weighted by molar-refractivity contribution is 5.87. The molecule has 0 aliphatic heterocycles. The average molecular weight is 916 g/mol. The van der Waals surface area contributed by atoms with Crippen LogP contribution in [0.2, 0.25) is 0 Å².